The van der Waals surface area contributed by atoms with E-state index in [1.165, 1.54) is 41.0 Å². The van der Waals surface area contributed by atoms with Crippen LogP contribution in [0.4, 0.5) is 5.69 Å². The summed E-state index contributed by atoms with van der Waals surface area (Å²) >= 11 is 1.44. The summed E-state index contributed by atoms with van der Waals surface area (Å²) in [4.78, 5) is 19.3. The monoisotopic (exact) mass is 336 g/mol. The van der Waals surface area contributed by atoms with Gasteiger partial charge in [-0.25, -0.2) is 4.98 Å². The van der Waals surface area contributed by atoms with E-state index in [-0.39, 0.29) is 5.78 Å². The Hall–Kier alpha value is -2.20. The van der Waals surface area contributed by atoms with Crippen molar-refractivity contribution in [1.82, 2.24) is 4.98 Å². The van der Waals surface area contributed by atoms with Gasteiger partial charge in [0.25, 0.3) is 0 Å². The molecule has 3 aromatic rings. The molecule has 122 valence electrons. The van der Waals surface area contributed by atoms with Gasteiger partial charge in [-0.05, 0) is 43.2 Å². The van der Waals surface area contributed by atoms with E-state index in [4.69, 9.17) is 10.7 Å². The lowest BCUT2D eigenvalue weighted by Gasteiger charge is -2.19. The Balaban J connectivity index is 1.93. The highest BCUT2D eigenvalue weighted by Gasteiger charge is 2.25. The van der Waals surface area contributed by atoms with Gasteiger partial charge in [-0.15, -0.1) is 11.3 Å². The third-order valence-electron chi connectivity index (χ3n) is 4.86. The lowest BCUT2D eigenvalue weighted by molar-refractivity contribution is 0.104. The Morgan fingerprint density at radius 2 is 1.88 bits per heavy atom. The molecule has 4 heteroatoms. The number of nitrogens with zero attached hydrogens (tertiary/aromatic N) is 1. The summed E-state index contributed by atoms with van der Waals surface area (Å²) in [6, 6.07) is 9.35. The molecule has 0 fully saturated rings. The number of nitrogens with two attached hydrogens (primary N) is 1. The third-order valence-corrected chi connectivity index (χ3v) is 5.96. The van der Waals surface area contributed by atoms with Gasteiger partial charge in [0.1, 0.15) is 9.71 Å². The zero-order valence-electron chi connectivity index (χ0n) is 13.8. The van der Waals surface area contributed by atoms with Crippen LogP contribution in [-0.4, -0.2) is 10.8 Å². The Morgan fingerprint density at radius 3 is 2.58 bits per heavy atom. The Labute approximate surface area is 145 Å². The van der Waals surface area contributed by atoms with Crippen molar-refractivity contribution in [3.63, 3.8) is 0 Å². The standard InChI is InChI=1S/C20H20N2OS/c1-2-15-13-10-6-7-11-14(13)16-17(21)19(24-20(16)22-15)18(23)12-8-4-3-5-9-12/h3-5,8-9H,2,6-7,10-11,21H2,1H3. The first-order valence-corrected chi connectivity index (χ1v) is 9.34. The number of ketones is 1. The zero-order valence-corrected chi connectivity index (χ0v) is 14.6. The normalized spacial score (nSPS) is 13.9. The van der Waals surface area contributed by atoms with Gasteiger partial charge in [-0.3, -0.25) is 4.79 Å². The van der Waals surface area contributed by atoms with Crippen LogP contribution in [0.1, 0.15) is 51.8 Å². The van der Waals surface area contributed by atoms with Crippen molar-refractivity contribution in [3.05, 3.63) is 57.6 Å². The number of hydrogen-bond acceptors (Lipinski definition) is 4. The van der Waals surface area contributed by atoms with Crippen LogP contribution in [0.2, 0.25) is 0 Å². The van der Waals surface area contributed by atoms with Crippen molar-refractivity contribution in [2.75, 3.05) is 5.73 Å². The van der Waals surface area contributed by atoms with Crippen molar-refractivity contribution in [2.45, 2.75) is 39.0 Å². The van der Waals surface area contributed by atoms with E-state index in [0.29, 0.717) is 16.1 Å². The molecular weight excluding hydrogens is 316 g/mol. The summed E-state index contributed by atoms with van der Waals surface area (Å²) < 4.78 is 0. The van der Waals surface area contributed by atoms with Gasteiger partial charge in [-0.1, -0.05) is 37.3 Å². The summed E-state index contributed by atoms with van der Waals surface area (Å²) in [6.07, 6.45) is 5.46. The first-order valence-electron chi connectivity index (χ1n) is 8.53. The molecule has 0 aliphatic heterocycles. The minimum atomic E-state index is -0.00120. The summed E-state index contributed by atoms with van der Waals surface area (Å²) in [5.74, 6) is -0.00120. The molecule has 1 aliphatic carbocycles. The van der Waals surface area contributed by atoms with E-state index in [1.807, 2.05) is 30.3 Å². The van der Waals surface area contributed by atoms with Gasteiger partial charge in [0.05, 0.1) is 5.69 Å². The number of anilines is 1. The molecule has 3 nitrogen and oxygen atoms in total. The van der Waals surface area contributed by atoms with E-state index in [0.717, 1.165) is 29.5 Å². The van der Waals surface area contributed by atoms with Crippen LogP contribution in [-0.2, 0) is 19.3 Å². The van der Waals surface area contributed by atoms with Crippen molar-refractivity contribution < 1.29 is 4.79 Å². The van der Waals surface area contributed by atoms with Crippen LogP contribution in [0.25, 0.3) is 10.2 Å². The third kappa shape index (κ3) is 2.33. The highest BCUT2D eigenvalue weighted by atomic mass is 32.1. The lowest BCUT2D eigenvalue weighted by Crippen LogP contribution is -2.09. The average molecular weight is 336 g/mol. The molecule has 4 rings (SSSR count). The van der Waals surface area contributed by atoms with Gasteiger partial charge in [-0.2, -0.15) is 0 Å². The van der Waals surface area contributed by atoms with Gasteiger partial charge >= 0.3 is 0 Å². The van der Waals surface area contributed by atoms with E-state index in [1.54, 1.807) is 0 Å². The van der Waals surface area contributed by atoms with Crippen LogP contribution >= 0.6 is 11.3 Å². The molecule has 1 aromatic carbocycles. The minimum absolute atomic E-state index is 0.00120. The highest BCUT2D eigenvalue weighted by Crippen LogP contribution is 2.40. The number of carbonyl (C=O) groups excluding carboxylic acids is 1. The van der Waals surface area contributed by atoms with Crippen LogP contribution in [0.5, 0.6) is 0 Å². The second-order valence-corrected chi connectivity index (χ2v) is 7.30. The number of carbonyl (C=O) groups is 1. The van der Waals surface area contributed by atoms with Crippen LogP contribution < -0.4 is 5.73 Å². The number of fused-ring (bicyclic) bond motifs is 3. The number of benzene rings is 1. The second-order valence-electron chi connectivity index (χ2n) is 6.30. The minimum Gasteiger partial charge on any atom is -0.397 e. The summed E-state index contributed by atoms with van der Waals surface area (Å²) in [5, 5.41) is 1.03. The maximum absolute atomic E-state index is 12.9. The zero-order chi connectivity index (χ0) is 16.7. The molecule has 0 spiro atoms. The summed E-state index contributed by atoms with van der Waals surface area (Å²) in [6.45, 7) is 2.15. The topological polar surface area (TPSA) is 56.0 Å². The van der Waals surface area contributed by atoms with E-state index < -0.39 is 0 Å². The van der Waals surface area contributed by atoms with Crippen LogP contribution in [0, 0.1) is 0 Å². The summed E-state index contributed by atoms with van der Waals surface area (Å²) in [5.41, 5.74) is 11.6. The van der Waals surface area contributed by atoms with Gasteiger partial charge < -0.3 is 5.73 Å². The number of rotatable bonds is 3. The molecule has 1 aliphatic rings. The molecule has 0 radical (unpaired) electrons. The predicted molar refractivity (Wildman–Crippen MR) is 99.9 cm³/mol. The fourth-order valence-corrected chi connectivity index (χ4v) is 4.78. The molecule has 0 unspecified atom stereocenters. The predicted octanol–water partition coefficient (Wildman–Crippen LogP) is 4.55. The number of hydrogen-bond donors (Lipinski definition) is 1. The smallest absolute Gasteiger partial charge is 0.205 e. The van der Waals surface area contributed by atoms with Crippen molar-refractivity contribution in [1.29, 1.82) is 0 Å². The molecular formula is C20H20N2OS. The fourth-order valence-electron chi connectivity index (χ4n) is 3.67. The number of nitrogen functional groups attached to an aromatic ring is 1. The Kier molecular flexibility index (Phi) is 3.85. The molecule has 2 aromatic heterocycles. The number of aromatic nitrogens is 1. The molecule has 0 bridgehead atoms. The quantitative estimate of drug-likeness (QED) is 0.714. The molecule has 0 saturated carbocycles. The van der Waals surface area contributed by atoms with Crippen molar-refractivity contribution >= 4 is 33.0 Å². The van der Waals surface area contributed by atoms with Gasteiger partial charge in [0.15, 0.2) is 0 Å². The number of thiophene rings is 1. The van der Waals surface area contributed by atoms with Gasteiger partial charge in [0, 0.05) is 16.6 Å². The van der Waals surface area contributed by atoms with E-state index >= 15 is 0 Å². The van der Waals surface area contributed by atoms with Crippen LogP contribution in [0.3, 0.4) is 0 Å². The fraction of sp³-hybridized carbons (Fsp3) is 0.300. The Morgan fingerprint density at radius 1 is 1.17 bits per heavy atom. The number of pyridine rings is 1. The summed E-state index contributed by atoms with van der Waals surface area (Å²) in [7, 11) is 0. The Bertz CT molecular complexity index is 928. The highest BCUT2D eigenvalue weighted by molar-refractivity contribution is 7.21. The molecule has 24 heavy (non-hydrogen) atoms. The number of aryl methyl sites for hydroxylation is 2. The molecule has 0 saturated heterocycles. The van der Waals surface area contributed by atoms with Crippen molar-refractivity contribution in [2.24, 2.45) is 0 Å². The van der Waals surface area contributed by atoms with Crippen LogP contribution in [0.15, 0.2) is 30.3 Å². The van der Waals surface area contributed by atoms with Gasteiger partial charge in [0.2, 0.25) is 5.78 Å². The first kappa shape index (κ1) is 15.3. The van der Waals surface area contributed by atoms with E-state index in [9.17, 15) is 4.79 Å². The second kappa shape index (κ2) is 6.02. The molecule has 0 amide bonds. The largest absolute Gasteiger partial charge is 0.397 e. The molecule has 0 atom stereocenters. The average Bonchev–Trinajstić information content (AvgIpc) is 2.98. The maximum atomic E-state index is 12.9. The molecule has 2 N–H and O–H groups in total. The first-order chi connectivity index (χ1) is 11.7. The van der Waals surface area contributed by atoms with E-state index in [2.05, 4.69) is 6.92 Å². The molecule has 2 heterocycles. The maximum Gasteiger partial charge on any atom is 0.205 e. The SMILES string of the molecule is CCc1nc2sc(C(=O)c3ccccc3)c(N)c2c2c1CCCC2. The van der Waals surface area contributed by atoms with Crippen molar-refractivity contribution in [3.8, 4) is 0 Å². The lowest BCUT2D eigenvalue weighted by atomic mass is 9.88.